The number of ether oxygens (including phenoxy) is 1. The standard InChI is InChI=1S/C22H21F4N5O/c1-21(2)8-15(5-6-32-21)31-19(12-30-11-13(9-28-30)22(24,25)26)29-18-10-27-17-4-3-14(23)7-16(17)20(18)31/h3-4,7,9-11,15H,5-6,8,12H2,1-2H3. The van der Waals surface area contributed by atoms with Gasteiger partial charge in [0.25, 0.3) is 0 Å². The number of halogens is 4. The Balaban J connectivity index is 1.69. The van der Waals surface area contributed by atoms with Crippen LogP contribution in [-0.4, -0.2) is 36.5 Å². The maximum atomic E-state index is 14.1. The van der Waals surface area contributed by atoms with Crippen molar-refractivity contribution in [2.24, 2.45) is 0 Å². The molecule has 5 rings (SSSR count). The minimum Gasteiger partial charge on any atom is -0.375 e. The Hall–Kier alpha value is -3.01. The first-order valence-corrected chi connectivity index (χ1v) is 10.3. The highest BCUT2D eigenvalue weighted by atomic mass is 19.4. The molecule has 0 saturated carbocycles. The van der Waals surface area contributed by atoms with E-state index in [1.807, 2.05) is 18.4 Å². The van der Waals surface area contributed by atoms with Gasteiger partial charge in [0.15, 0.2) is 0 Å². The molecule has 1 atom stereocenters. The van der Waals surface area contributed by atoms with Crippen LogP contribution in [0.1, 0.15) is 44.1 Å². The van der Waals surface area contributed by atoms with E-state index in [4.69, 9.17) is 4.74 Å². The van der Waals surface area contributed by atoms with Gasteiger partial charge in [0, 0.05) is 24.2 Å². The van der Waals surface area contributed by atoms with Gasteiger partial charge in [-0.2, -0.15) is 18.3 Å². The van der Waals surface area contributed by atoms with Gasteiger partial charge < -0.3 is 9.30 Å². The Morgan fingerprint density at radius 3 is 2.72 bits per heavy atom. The van der Waals surface area contributed by atoms with Gasteiger partial charge >= 0.3 is 6.18 Å². The second-order valence-electron chi connectivity index (χ2n) is 8.73. The van der Waals surface area contributed by atoms with E-state index in [1.165, 1.54) is 16.8 Å². The molecule has 1 fully saturated rings. The molecule has 168 valence electrons. The van der Waals surface area contributed by atoms with Gasteiger partial charge in [-0.3, -0.25) is 9.67 Å². The Kier molecular flexibility index (Phi) is 4.74. The first-order chi connectivity index (χ1) is 15.1. The van der Waals surface area contributed by atoms with E-state index in [1.54, 1.807) is 12.3 Å². The van der Waals surface area contributed by atoms with E-state index in [0.717, 1.165) is 17.9 Å². The molecule has 32 heavy (non-hydrogen) atoms. The molecule has 0 spiro atoms. The summed E-state index contributed by atoms with van der Waals surface area (Å²) in [6.45, 7) is 4.58. The lowest BCUT2D eigenvalue weighted by Crippen LogP contribution is -2.35. The van der Waals surface area contributed by atoms with Crippen LogP contribution in [-0.2, 0) is 17.5 Å². The molecule has 4 aromatic rings. The Bertz CT molecular complexity index is 1310. The van der Waals surface area contributed by atoms with Crippen molar-refractivity contribution >= 4 is 21.9 Å². The van der Waals surface area contributed by atoms with Crippen LogP contribution in [0, 0.1) is 5.82 Å². The van der Waals surface area contributed by atoms with Crippen molar-refractivity contribution < 1.29 is 22.3 Å². The van der Waals surface area contributed by atoms with Gasteiger partial charge in [0.05, 0.1) is 41.1 Å². The number of imidazole rings is 1. The summed E-state index contributed by atoms with van der Waals surface area (Å²) in [6, 6.07) is 4.36. The van der Waals surface area contributed by atoms with Crippen LogP contribution in [0.2, 0.25) is 0 Å². The summed E-state index contributed by atoms with van der Waals surface area (Å²) in [6.07, 6.45) is 0.293. The largest absolute Gasteiger partial charge is 0.419 e. The molecular formula is C22H21F4N5O. The lowest BCUT2D eigenvalue weighted by atomic mass is 9.93. The first kappa shape index (κ1) is 20.9. The zero-order valence-electron chi connectivity index (χ0n) is 17.5. The van der Waals surface area contributed by atoms with Crippen molar-refractivity contribution in [3.63, 3.8) is 0 Å². The van der Waals surface area contributed by atoms with E-state index < -0.39 is 17.6 Å². The maximum absolute atomic E-state index is 14.1. The van der Waals surface area contributed by atoms with Crippen LogP contribution in [0.5, 0.6) is 0 Å². The van der Waals surface area contributed by atoms with Crippen molar-refractivity contribution in [1.82, 2.24) is 24.3 Å². The van der Waals surface area contributed by atoms with Crippen LogP contribution >= 0.6 is 0 Å². The van der Waals surface area contributed by atoms with Crippen molar-refractivity contribution in [3.05, 3.63) is 54.0 Å². The number of benzene rings is 1. The number of hydrogen-bond acceptors (Lipinski definition) is 4. The molecule has 0 aliphatic carbocycles. The molecule has 4 heterocycles. The minimum absolute atomic E-state index is 0.0229. The fourth-order valence-electron chi connectivity index (χ4n) is 4.46. The fraction of sp³-hybridized carbons (Fsp3) is 0.409. The molecule has 0 bridgehead atoms. The van der Waals surface area contributed by atoms with Gasteiger partial charge in [0.1, 0.15) is 17.2 Å². The normalized spacial score (nSPS) is 19.1. The molecule has 1 unspecified atom stereocenters. The van der Waals surface area contributed by atoms with Crippen molar-refractivity contribution in [1.29, 1.82) is 0 Å². The summed E-state index contributed by atoms with van der Waals surface area (Å²) in [7, 11) is 0. The maximum Gasteiger partial charge on any atom is 0.419 e. The molecule has 0 N–H and O–H groups in total. The third-order valence-electron chi connectivity index (χ3n) is 5.85. The molecule has 0 radical (unpaired) electrons. The van der Waals surface area contributed by atoms with E-state index in [-0.39, 0.29) is 18.2 Å². The van der Waals surface area contributed by atoms with Gasteiger partial charge in [-0.25, -0.2) is 9.37 Å². The third kappa shape index (κ3) is 3.72. The fourth-order valence-corrected chi connectivity index (χ4v) is 4.46. The van der Waals surface area contributed by atoms with E-state index in [9.17, 15) is 17.6 Å². The zero-order chi connectivity index (χ0) is 22.7. The van der Waals surface area contributed by atoms with E-state index >= 15 is 0 Å². The SMILES string of the molecule is CC1(C)CC(n2c(Cn3cc(C(F)(F)F)cn3)nc3cnc4ccc(F)cc4c32)CCO1. The summed E-state index contributed by atoms with van der Waals surface area (Å²) in [5.74, 6) is 0.147. The molecule has 1 aliphatic heterocycles. The highest BCUT2D eigenvalue weighted by Crippen LogP contribution is 2.37. The molecule has 1 aliphatic rings. The van der Waals surface area contributed by atoms with Crippen LogP contribution in [0.3, 0.4) is 0 Å². The summed E-state index contributed by atoms with van der Waals surface area (Å²) in [5.41, 5.74) is 0.707. The van der Waals surface area contributed by atoms with Crippen LogP contribution < -0.4 is 0 Å². The topological polar surface area (TPSA) is 57.8 Å². The second-order valence-corrected chi connectivity index (χ2v) is 8.73. The van der Waals surface area contributed by atoms with Crippen LogP contribution in [0.15, 0.2) is 36.8 Å². The smallest absolute Gasteiger partial charge is 0.375 e. The third-order valence-corrected chi connectivity index (χ3v) is 5.85. The van der Waals surface area contributed by atoms with E-state index in [2.05, 4.69) is 15.1 Å². The average molecular weight is 447 g/mol. The summed E-state index contributed by atoms with van der Waals surface area (Å²) < 4.78 is 62.4. The van der Waals surface area contributed by atoms with Crippen LogP contribution in [0.4, 0.5) is 17.6 Å². The quantitative estimate of drug-likeness (QED) is 0.409. The second kappa shape index (κ2) is 7.26. The lowest BCUT2D eigenvalue weighted by Gasteiger charge is -2.37. The predicted octanol–water partition coefficient (Wildman–Crippen LogP) is 5.12. The number of alkyl halides is 3. The minimum atomic E-state index is -4.47. The first-order valence-electron chi connectivity index (χ1n) is 10.3. The van der Waals surface area contributed by atoms with E-state index in [0.29, 0.717) is 41.7 Å². The van der Waals surface area contributed by atoms with Gasteiger partial charge in [-0.05, 0) is 44.9 Å². The van der Waals surface area contributed by atoms with Crippen molar-refractivity contribution in [2.75, 3.05) is 6.61 Å². The summed E-state index contributed by atoms with van der Waals surface area (Å²) in [5, 5.41) is 4.50. The molecule has 10 heteroatoms. The number of fused-ring (bicyclic) bond motifs is 3. The van der Waals surface area contributed by atoms with Gasteiger partial charge in [-0.1, -0.05) is 0 Å². The number of pyridine rings is 1. The predicted molar refractivity (Wildman–Crippen MR) is 110 cm³/mol. The Morgan fingerprint density at radius 2 is 2.00 bits per heavy atom. The molecule has 3 aromatic heterocycles. The highest BCUT2D eigenvalue weighted by molar-refractivity contribution is 6.02. The molecule has 1 aromatic carbocycles. The van der Waals surface area contributed by atoms with Gasteiger partial charge in [-0.15, -0.1) is 0 Å². The number of rotatable bonds is 3. The number of aromatic nitrogens is 5. The van der Waals surface area contributed by atoms with Crippen molar-refractivity contribution in [3.8, 4) is 0 Å². The molecule has 0 amide bonds. The average Bonchev–Trinajstić information content (AvgIpc) is 3.32. The van der Waals surface area contributed by atoms with Gasteiger partial charge in [0.2, 0.25) is 0 Å². The number of nitrogens with zero attached hydrogens (tertiary/aromatic N) is 5. The Labute approximate surface area is 180 Å². The molecule has 1 saturated heterocycles. The number of hydrogen-bond donors (Lipinski definition) is 0. The summed E-state index contributed by atoms with van der Waals surface area (Å²) in [4.78, 5) is 9.06. The highest BCUT2D eigenvalue weighted by Gasteiger charge is 2.34. The zero-order valence-corrected chi connectivity index (χ0v) is 17.5. The molecule has 6 nitrogen and oxygen atoms in total. The van der Waals surface area contributed by atoms with Crippen molar-refractivity contribution in [2.45, 2.75) is 51.1 Å². The Morgan fingerprint density at radius 1 is 1.19 bits per heavy atom. The lowest BCUT2D eigenvalue weighted by molar-refractivity contribution is -0.137. The summed E-state index contributed by atoms with van der Waals surface area (Å²) >= 11 is 0. The molecular weight excluding hydrogens is 426 g/mol. The monoisotopic (exact) mass is 447 g/mol. The van der Waals surface area contributed by atoms with Crippen LogP contribution in [0.25, 0.3) is 21.9 Å².